The molecule has 0 radical (unpaired) electrons. The van der Waals surface area contributed by atoms with Crippen molar-refractivity contribution in [3.63, 3.8) is 0 Å². The van der Waals surface area contributed by atoms with Gasteiger partial charge in [-0.15, -0.1) is 0 Å². The molecule has 41 heavy (non-hydrogen) atoms. The molecule has 0 fully saturated rings. The molecule has 10 heteroatoms. The Kier molecular flexibility index (Phi) is 10.5. The van der Waals surface area contributed by atoms with E-state index in [0.29, 0.717) is 27.7 Å². The largest absolute Gasteiger partial charge is 0.350 e. The van der Waals surface area contributed by atoms with Crippen molar-refractivity contribution in [1.82, 2.24) is 10.2 Å². The third kappa shape index (κ3) is 8.03. The molecular formula is C31H37Cl2N3O4S. The number of halogens is 2. The summed E-state index contributed by atoms with van der Waals surface area (Å²) in [5, 5.41) is 3.63. The Morgan fingerprint density at radius 2 is 1.59 bits per heavy atom. The van der Waals surface area contributed by atoms with Crippen molar-refractivity contribution in [2.45, 2.75) is 71.0 Å². The highest BCUT2D eigenvalue weighted by atomic mass is 35.5. The van der Waals surface area contributed by atoms with Gasteiger partial charge in [-0.2, -0.15) is 0 Å². The summed E-state index contributed by atoms with van der Waals surface area (Å²) in [4.78, 5) is 29.1. The topological polar surface area (TPSA) is 86.8 Å². The van der Waals surface area contributed by atoms with Gasteiger partial charge in [0.25, 0.3) is 10.0 Å². The van der Waals surface area contributed by atoms with Gasteiger partial charge in [-0.1, -0.05) is 66.5 Å². The highest BCUT2D eigenvalue weighted by molar-refractivity contribution is 7.92. The molecule has 1 unspecified atom stereocenters. The predicted octanol–water partition coefficient (Wildman–Crippen LogP) is 6.53. The summed E-state index contributed by atoms with van der Waals surface area (Å²) < 4.78 is 29.1. The van der Waals surface area contributed by atoms with Crippen molar-refractivity contribution in [3.05, 3.63) is 93.5 Å². The van der Waals surface area contributed by atoms with E-state index in [2.05, 4.69) is 5.32 Å². The molecule has 3 aromatic carbocycles. The van der Waals surface area contributed by atoms with Crippen molar-refractivity contribution in [3.8, 4) is 0 Å². The monoisotopic (exact) mass is 617 g/mol. The Morgan fingerprint density at radius 3 is 2.17 bits per heavy atom. The van der Waals surface area contributed by atoms with Gasteiger partial charge >= 0.3 is 0 Å². The van der Waals surface area contributed by atoms with Crippen molar-refractivity contribution in [2.75, 3.05) is 10.8 Å². The molecule has 1 N–H and O–H groups in total. The van der Waals surface area contributed by atoms with E-state index < -0.39 is 34.1 Å². The summed E-state index contributed by atoms with van der Waals surface area (Å²) in [6, 6.07) is 17.4. The van der Waals surface area contributed by atoms with Crippen LogP contribution in [0.4, 0.5) is 5.69 Å². The minimum Gasteiger partial charge on any atom is -0.350 e. The first-order valence-corrected chi connectivity index (χ1v) is 15.5. The second-order valence-electron chi connectivity index (χ2n) is 11.0. The first-order valence-electron chi connectivity index (χ1n) is 13.3. The molecule has 7 nitrogen and oxygen atoms in total. The van der Waals surface area contributed by atoms with Crippen LogP contribution in [0, 0.1) is 13.8 Å². The van der Waals surface area contributed by atoms with Gasteiger partial charge in [0.2, 0.25) is 11.8 Å². The highest BCUT2D eigenvalue weighted by Gasteiger charge is 2.35. The maximum absolute atomic E-state index is 14.2. The van der Waals surface area contributed by atoms with Gasteiger partial charge in [0, 0.05) is 12.1 Å². The van der Waals surface area contributed by atoms with E-state index in [1.807, 2.05) is 47.6 Å². The number of aryl methyl sites for hydroxylation is 1. The van der Waals surface area contributed by atoms with Crippen LogP contribution in [0.1, 0.15) is 50.8 Å². The van der Waals surface area contributed by atoms with Crippen LogP contribution in [0.15, 0.2) is 71.6 Å². The first kappa shape index (κ1) is 32.4. The predicted molar refractivity (Wildman–Crippen MR) is 166 cm³/mol. The van der Waals surface area contributed by atoms with Crippen LogP contribution in [0.25, 0.3) is 0 Å². The van der Waals surface area contributed by atoms with E-state index in [-0.39, 0.29) is 17.3 Å². The zero-order valence-corrected chi connectivity index (χ0v) is 26.6. The molecule has 0 aliphatic rings. The third-order valence-corrected chi connectivity index (χ3v) is 9.19. The summed E-state index contributed by atoms with van der Waals surface area (Å²) in [6.07, 6.45) is 0.309. The Balaban J connectivity index is 2.12. The van der Waals surface area contributed by atoms with Gasteiger partial charge in [0.1, 0.15) is 12.6 Å². The van der Waals surface area contributed by atoms with Gasteiger partial charge in [-0.05, 0) is 88.1 Å². The number of rotatable bonds is 10. The second kappa shape index (κ2) is 13.3. The number of anilines is 1. The first-order chi connectivity index (χ1) is 19.2. The lowest BCUT2D eigenvalue weighted by atomic mass is 10.1. The lowest BCUT2D eigenvalue weighted by Gasteiger charge is -2.35. The number of carbonyl (C=O) groups excluding carboxylic acids is 2. The smallest absolute Gasteiger partial charge is 0.264 e. The Labute approximate surface area is 253 Å². The molecule has 220 valence electrons. The van der Waals surface area contributed by atoms with Crippen LogP contribution in [0.5, 0.6) is 0 Å². The molecule has 0 aliphatic carbocycles. The van der Waals surface area contributed by atoms with Crippen LogP contribution >= 0.6 is 23.2 Å². The maximum Gasteiger partial charge on any atom is 0.264 e. The van der Waals surface area contributed by atoms with Crippen LogP contribution in [0.2, 0.25) is 10.0 Å². The summed E-state index contributed by atoms with van der Waals surface area (Å²) in [5.74, 6) is -0.870. The van der Waals surface area contributed by atoms with E-state index in [1.165, 1.54) is 17.0 Å². The van der Waals surface area contributed by atoms with Gasteiger partial charge in [-0.3, -0.25) is 13.9 Å². The number of sulfonamides is 1. The molecule has 0 saturated carbocycles. The fraction of sp³-hybridized carbons (Fsp3) is 0.355. The zero-order chi connectivity index (χ0) is 30.5. The number of amides is 2. The average molecular weight is 619 g/mol. The average Bonchev–Trinajstić information content (AvgIpc) is 2.90. The molecule has 0 aromatic heterocycles. The number of nitrogens with zero attached hydrogens (tertiary/aromatic N) is 2. The van der Waals surface area contributed by atoms with Crippen molar-refractivity contribution < 1.29 is 18.0 Å². The Morgan fingerprint density at radius 1 is 0.927 bits per heavy atom. The molecule has 3 rings (SSSR count). The summed E-state index contributed by atoms with van der Waals surface area (Å²) >= 11 is 12.4. The van der Waals surface area contributed by atoms with E-state index in [1.54, 1.807) is 48.5 Å². The molecule has 0 heterocycles. The van der Waals surface area contributed by atoms with E-state index in [4.69, 9.17) is 23.2 Å². The zero-order valence-electron chi connectivity index (χ0n) is 24.2. The number of nitrogens with one attached hydrogen (secondary N) is 1. The molecule has 3 aromatic rings. The number of hydrogen-bond acceptors (Lipinski definition) is 4. The molecular weight excluding hydrogens is 581 g/mol. The van der Waals surface area contributed by atoms with Gasteiger partial charge < -0.3 is 10.2 Å². The van der Waals surface area contributed by atoms with E-state index >= 15 is 0 Å². The molecule has 1 atom stereocenters. The summed E-state index contributed by atoms with van der Waals surface area (Å²) in [5.41, 5.74) is 2.12. The normalized spacial score (nSPS) is 12.5. The number of hydrogen-bond donors (Lipinski definition) is 1. The minimum atomic E-state index is -4.14. The van der Waals surface area contributed by atoms with E-state index in [9.17, 15) is 18.0 Å². The number of carbonyl (C=O) groups is 2. The molecule has 2 amide bonds. The van der Waals surface area contributed by atoms with Gasteiger partial charge in [0.15, 0.2) is 0 Å². The van der Waals surface area contributed by atoms with Gasteiger partial charge in [-0.25, -0.2) is 8.42 Å². The minimum absolute atomic E-state index is 0.0256. The SMILES string of the molecule is CCC(C(=O)NC(C)(C)C)N(Cc1ccc(Cl)c(Cl)c1)C(=O)CN(c1cccc(C)c1C)S(=O)(=O)c1ccccc1. The lowest BCUT2D eigenvalue weighted by Crippen LogP contribution is -2.55. The van der Waals surface area contributed by atoms with Crippen LogP contribution in [0.3, 0.4) is 0 Å². The standard InChI is InChI=1S/C31H37Cl2N3O4S/c1-7-27(30(38)34-31(4,5)6)35(19-23-16-17-25(32)26(33)18-23)29(37)20-36(28-15-11-12-21(2)22(28)3)41(39,40)24-13-9-8-10-14-24/h8-18,27H,7,19-20H2,1-6H3,(H,34,38). The summed E-state index contributed by atoms with van der Waals surface area (Å²) in [7, 11) is -4.14. The van der Waals surface area contributed by atoms with Crippen LogP contribution < -0.4 is 9.62 Å². The van der Waals surface area contributed by atoms with Crippen LogP contribution in [-0.2, 0) is 26.2 Å². The Hall–Kier alpha value is -3.07. The quantitative estimate of drug-likeness (QED) is 0.280. The van der Waals surface area contributed by atoms with Crippen molar-refractivity contribution >= 4 is 50.7 Å². The molecule has 0 spiro atoms. The third-order valence-electron chi connectivity index (χ3n) is 6.68. The molecule has 0 aliphatic heterocycles. The van der Waals surface area contributed by atoms with Crippen LogP contribution in [-0.4, -0.2) is 43.3 Å². The summed E-state index contributed by atoms with van der Waals surface area (Å²) in [6.45, 7) is 10.6. The molecule has 0 bridgehead atoms. The molecule has 0 saturated heterocycles. The Bertz CT molecular complexity index is 1510. The number of benzene rings is 3. The fourth-order valence-electron chi connectivity index (χ4n) is 4.45. The fourth-order valence-corrected chi connectivity index (χ4v) is 6.26. The highest BCUT2D eigenvalue weighted by Crippen LogP contribution is 2.30. The maximum atomic E-state index is 14.2. The van der Waals surface area contributed by atoms with Crippen molar-refractivity contribution in [2.24, 2.45) is 0 Å². The van der Waals surface area contributed by atoms with Crippen molar-refractivity contribution in [1.29, 1.82) is 0 Å². The lowest BCUT2D eigenvalue weighted by molar-refractivity contribution is -0.141. The van der Waals surface area contributed by atoms with Gasteiger partial charge in [0.05, 0.1) is 20.6 Å². The van der Waals surface area contributed by atoms with E-state index in [0.717, 1.165) is 15.4 Å². The second-order valence-corrected chi connectivity index (χ2v) is 13.7.